The molecule has 0 aliphatic carbocycles. The van der Waals surface area contributed by atoms with Gasteiger partial charge in [-0.3, -0.25) is 0 Å². The molecule has 0 radical (unpaired) electrons. The first kappa shape index (κ1) is 29.4. The minimum atomic E-state index is -5.61. The molecule has 64 valence electrons. The molecule has 13 heavy (non-hydrogen) atoms. The standard InChI is InChI=1S/Al.B.Ca.2O4Si/c;;;2*1-5(2,3)4/q2*+3;+2;2*-4. The van der Waals surface area contributed by atoms with Gasteiger partial charge in [-0.1, -0.05) is 0 Å². The molecule has 13 heteroatoms. The summed E-state index contributed by atoms with van der Waals surface area (Å²) in [5.41, 5.74) is 0. The van der Waals surface area contributed by atoms with Gasteiger partial charge in [-0.2, -0.15) is 0 Å². The molecule has 0 spiro atoms. The summed E-state index contributed by atoms with van der Waals surface area (Å²) in [6, 6.07) is 0. The minimum Gasteiger partial charge on any atom is -0.894 e. The first-order chi connectivity index (χ1) is 4.00. The van der Waals surface area contributed by atoms with Crippen molar-refractivity contribution in [1.29, 1.82) is 0 Å². The molecule has 0 saturated carbocycles. The second-order valence-electron chi connectivity index (χ2n) is 1.00. The molecule has 0 aliphatic heterocycles. The van der Waals surface area contributed by atoms with Crippen molar-refractivity contribution in [3.8, 4) is 0 Å². The maximum absolute atomic E-state index is 8.58. The number of hydrogen-bond donors (Lipinski definition) is 0. The Morgan fingerprint density at radius 1 is 0.538 bits per heavy atom. The van der Waals surface area contributed by atoms with Crippen LogP contribution in [0.5, 0.6) is 0 Å². The molecule has 0 N–H and O–H groups in total. The van der Waals surface area contributed by atoms with E-state index in [2.05, 4.69) is 0 Å². The summed E-state index contributed by atoms with van der Waals surface area (Å²) in [6.45, 7) is 0. The Morgan fingerprint density at radius 2 is 0.538 bits per heavy atom. The first-order valence-electron chi connectivity index (χ1n) is 1.63. The van der Waals surface area contributed by atoms with Gasteiger partial charge in [0.25, 0.3) is 0 Å². The van der Waals surface area contributed by atoms with E-state index in [1.807, 2.05) is 0 Å². The molecule has 0 rings (SSSR count). The Hall–Kier alpha value is 1.97. The zero-order valence-corrected chi connectivity index (χ0v) is 11.5. The maximum Gasteiger partial charge on any atom is 3.00 e. The second-order valence-corrected chi connectivity index (χ2v) is 3.00. The Balaban J connectivity index is -0.0000000267. The summed E-state index contributed by atoms with van der Waals surface area (Å²) in [4.78, 5) is 68.6. The number of rotatable bonds is 0. The molecule has 0 bridgehead atoms. The SMILES string of the molecule is [Al+3].[B+3].[Ca+2].[O-][Si]([O-])([O-])[O-].[O-][Si]([O-])([O-])[O-]. The monoisotopic (exact) mass is 262 g/mol. The van der Waals surface area contributed by atoms with Crippen LogP contribution in [0.1, 0.15) is 0 Å². The Labute approximate surface area is 119 Å². The summed E-state index contributed by atoms with van der Waals surface area (Å²) < 4.78 is 0. The fourth-order valence-electron chi connectivity index (χ4n) is 0. The van der Waals surface area contributed by atoms with Crippen molar-refractivity contribution in [2.75, 3.05) is 0 Å². The van der Waals surface area contributed by atoms with Gasteiger partial charge in [-0.15, -0.1) is 0 Å². The smallest absolute Gasteiger partial charge is 0.894 e. The molecular weight excluding hydrogens is 262 g/mol. The van der Waals surface area contributed by atoms with E-state index < -0.39 is 18.1 Å². The van der Waals surface area contributed by atoms with Crippen LogP contribution in [0.15, 0.2) is 0 Å². The third-order valence-corrected chi connectivity index (χ3v) is 0. The van der Waals surface area contributed by atoms with E-state index >= 15 is 0 Å². The van der Waals surface area contributed by atoms with Gasteiger partial charge in [-0.25, -0.2) is 0 Å². The minimum absolute atomic E-state index is 0. The Bertz CT molecular complexity index is 65.1. The van der Waals surface area contributed by atoms with Crippen molar-refractivity contribution in [2.45, 2.75) is 0 Å². The van der Waals surface area contributed by atoms with Crippen molar-refractivity contribution >= 4 is 81.6 Å². The summed E-state index contributed by atoms with van der Waals surface area (Å²) in [5, 5.41) is 0. The number of hydrogen-bond acceptors (Lipinski definition) is 8. The second kappa shape index (κ2) is 12.0. The van der Waals surface area contributed by atoms with Crippen LogP contribution in [0, 0.1) is 0 Å². The molecule has 0 aromatic rings. The van der Waals surface area contributed by atoms with Gasteiger partial charge in [0.1, 0.15) is 0 Å². The van der Waals surface area contributed by atoms with Crippen LogP contribution in [0.3, 0.4) is 0 Å². The molecule has 0 fully saturated rings. The molecular formula is AlBCaO8Si2. The van der Waals surface area contributed by atoms with Crippen LogP contribution >= 0.6 is 0 Å². The van der Waals surface area contributed by atoms with Gasteiger partial charge in [0.2, 0.25) is 0 Å². The topological polar surface area (TPSA) is 184 Å². The molecule has 0 atom stereocenters. The van der Waals surface area contributed by atoms with Crippen LogP contribution in [0.25, 0.3) is 0 Å². The first-order valence-corrected chi connectivity index (χ1v) is 4.90. The Morgan fingerprint density at radius 3 is 0.538 bits per heavy atom. The quantitative estimate of drug-likeness (QED) is 0.385. The molecule has 0 saturated heterocycles. The van der Waals surface area contributed by atoms with Crippen LogP contribution in [0.4, 0.5) is 0 Å². The molecule has 0 heterocycles. The maximum atomic E-state index is 8.58. The molecule has 0 amide bonds. The van der Waals surface area contributed by atoms with E-state index in [4.69, 9.17) is 38.4 Å². The average molecular weight is 262 g/mol. The van der Waals surface area contributed by atoms with Gasteiger partial charge >= 0.3 is 63.5 Å². The van der Waals surface area contributed by atoms with E-state index in [9.17, 15) is 0 Å². The van der Waals surface area contributed by atoms with E-state index in [-0.39, 0.29) is 63.5 Å². The third-order valence-electron chi connectivity index (χ3n) is 0. The summed E-state index contributed by atoms with van der Waals surface area (Å²) in [6.07, 6.45) is 0. The fraction of sp³-hybridized carbons (Fsp3) is 0. The Kier molecular flexibility index (Phi) is 27.2. The zero-order chi connectivity index (χ0) is 9.00. The molecule has 0 aliphatic rings. The molecule has 8 nitrogen and oxygen atoms in total. The van der Waals surface area contributed by atoms with Crippen LogP contribution < -0.4 is 38.4 Å². The van der Waals surface area contributed by atoms with Crippen molar-refractivity contribution in [3.05, 3.63) is 0 Å². The van der Waals surface area contributed by atoms with Crippen molar-refractivity contribution in [3.63, 3.8) is 0 Å². The van der Waals surface area contributed by atoms with Gasteiger partial charge in [0.05, 0.1) is 0 Å². The largest absolute Gasteiger partial charge is 3.00 e. The van der Waals surface area contributed by atoms with Gasteiger partial charge < -0.3 is 56.5 Å². The van der Waals surface area contributed by atoms with Gasteiger partial charge in [0, 0.05) is 0 Å². The zero-order valence-electron chi connectivity index (χ0n) is 6.13. The van der Waals surface area contributed by atoms with E-state index in [1.54, 1.807) is 0 Å². The molecule has 0 aromatic heterocycles. The van der Waals surface area contributed by atoms with Crippen LogP contribution in [-0.4, -0.2) is 81.6 Å². The summed E-state index contributed by atoms with van der Waals surface area (Å²) in [7, 11) is -11.2. The third kappa shape index (κ3) is 515. The summed E-state index contributed by atoms with van der Waals surface area (Å²) >= 11 is 0. The predicted octanol–water partition coefficient (Wildman–Crippen LogP) is -11.4. The van der Waals surface area contributed by atoms with Gasteiger partial charge in [0.15, 0.2) is 0 Å². The van der Waals surface area contributed by atoms with E-state index in [0.29, 0.717) is 0 Å². The van der Waals surface area contributed by atoms with Crippen LogP contribution in [-0.2, 0) is 0 Å². The average Bonchev–Trinajstić information content (AvgIpc) is 1.12. The molecule has 0 unspecified atom stereocenters. The van der Waals surface area contributed by atoms with E-state index in [0.717, 1.165) is 0 Å². The normalized spacial score (nSPS) is 9.23. The fourth-order valence-corrected chi connectivity index (χ4v) is 0. The van der Waals surface area contributed by atoms with Crippen LogP contribution in [0.2, 0.25) is 0 Å². The molecule has 0 aromatic carbocycles. The van der Waals surface area contributed by atoms with Gasteiger partial charge in [-0.05, 0) is 0 Å². The van der Waals surface area contributed by atoms with Crippen molar-refractivity contribution < 1.29 is 38.4 Å². The van der Waals surface area contributed by atoms with Crippen molar-refractivity contribution in [2.24, 2.45) is 0 Å². The van der Waals surface area contributed by atoms with E-state index in [1.165, 1.54) is 0 Å². The van der Waals surface area contributed by atoms with Crippen molar-refractivity contribution in [1.82, 2.24) is 0 Å². The summed E-state index contributed by atoms with van der Waals surface area (Å²) in [5.74, 6) is 0. The predicted molar refractivity (Wildman–Crippen MR) is 28.8 cm³/mol.